The highest BCUT2D eigenvalue weighted by atomic mass is 16.5. The van der Waals surface area contributed by atoms with E-state index < -0.39 is 0 Å². The maximum atomic E-state index is 11.5. The second-order valence-electron chi connectivity index (χ2n) is 3.64. The smallest absolute Gasteiger partial charge is 0.296 e. The predicted octanol–water partition coefficient (Wildman–Crippen LogP) is 0.823. The summed E-state index contributed by atoms with van der Waals surface area (Å²) >= 11 is 0. The van der Waals surface area contributed by atoms with Crippen molar-refractivity contribution in [1.29, 1.82) is 0 Å². The number of methoxy groups -OCH3 is 1. The first-order valence-electron chi connectivity index (χ1n) is 5.10. The molecule has 88 valence electrons. The standard InChI is InChI=1S/C12H13N3O2/c1-15-10(11(16)14-12(15)13)7-8-3-5-9(17-2)6-4-8/h3-7H,1-2H3,(H2,13,14,16). The summed E-state index contributed by atoms with van der Waals surface area (Å²) < 4.78 is 5.06. The van der Waals surface area contributed by atoms with Crippen LogP contribution in [0.3, 0.4) is 0 Å². The number of hydrogen-bond acceptors (Lipinski definition) is 4. The molecular weight excluding hydrogens is 218 g/mol. The average molecular weight is 231 g/mol. The van der Waals surface area contributed by atoms with E-state index in [2.05, 4.69) is 4.99 Å². The third kappa shape index (κ3) is 2.13. The van der Waals surface area contributed by atoms with Gasteiger partial charge in [0.25, 0.3) is 5.91 Å². The van der Waals surface area contributed by atoms with Gasteiger partial charge in [-0.15, -0.1) is 0 Å². The Labute approximate surface area is 99.2 Å². The molecule has 0 aliphatic carbocycles. The van der Waals surface area contributed by atoms with Crippen molar-refractivity contribution >= 4 is 17.9 Å². The molecule has 0 fully saturated rings. The highest BCUT2D eigenvalue weighted by Gasteiger charge is 2.23. The van der Waals surface area contributed by atoms with Crippen LogP contribution < -0.4 is 10.5 Å². The summed E-state index contributed by atoms with van der Waals surface area (Å²) in [5, 5.41) is 0. The Morgan fingerprint density at radius 2 is 2.00 bits per heavy atom. The number of likely N-dealkylation sites (N-methyl/N-ethyl adjacent to an activating group) is 1. The molecule has 0 radical (unpaired) electrons. The lowest BCUT2D eigenvalue weighted by Gasteiger charge is -2.11. The molecule has 0 unspecified atom stereocenters. The second kappa shape index (κ2) is 4.29. The molecule has 1 aromatic carbocycles. The van der Waals surface area contributed by atoms with Crippen LogP contribution in [0.15, 0.2) is 35.0 Å². The number of ether oxygens (including phenoxy) is 1. The van der Waals surface area contributed by atoms with E-state index in [1.165, 1.54) is 0 Å². The largest absolute Gasteiger partial charge is 0.497 e. The molecule has 2 N–H and O–H groups in total. The van der Waals surface area contributed by atoms with E-state index >= 15 is 0 Å². The van der Waals surface area contributed by atoms with Gasteiger partial charge in [0.1, 0.15) is 11.4 Å². The number of guanidine groups is 1. The Morgan fingerprint density at radius 1 is 1.35 bits per heavy atom. The minimum atomic E-state index is -0.319. The third-order valence-corrected chi connectivity index (χ3v) is 2.56. The first-order valence-corrected chi connectivity index (χ1v) is 5.10. The first-order chi connectivity index (χ1) is 8.11. The van der Waals surface area contributed by atoms with Crippen LogP contribution in [0, 0.1) is 0 Å². The Balaban J connectivity index is 2.28. The minimum absolute atomic E-state index is 0.217. The van der Waals surface area contributed by atoms with Gasteiger partial charge < -0.3 is 15.4 Å². The van der Waals surface area contributed by atoms with Gasteiger partial charge in [-0.3, -0.25) is 4.79 Å². The van der Waals surface area contributed by atoms with Crippen molar-refractivity contribution in [3.05, 3.63) is 35.5 Å². The molecule has 5 heteroatoms. The lowest BCUT2D eigenvalue weighted by Crippen LogP contribution is -2.28. The minimum Gasteiger partial charge on any atom is -0.497 e. The van der Waals surface area contributed by atoms with Gasteiger partial charge in [-0.1, -0.05) is 12.1 Å². The van der Waals surface area contributed by atoms with Crippen LogP contribution in [0.1, 0.15) is 5.56 Å². The molecule has 1 amide bonds. The summed E-state index contributed by atoms with van der Waals surface area (Å²) in [4.78, 5) is 16.8. The Morgan fingerprint density at radius 3 is 2.47 bits per heavy atom. The summed E-state index contributed by atoms with van der Waals surface area (Å²) in [6, 6.07) is 7.38. The molecule has 17 heavy (non-hydrogen) atoms. The highest BCUT2D eigenvalue weighted by Crippen LogP contribution is 2.18. The van der Waals surface area contributed by atoms with Crippen LogP contribution in [-0.4, -0.2) is 30.9 Å². The zero-order valence-electron chi connectivity index (χ0n) is 9.68. The molecule has 0 atom stereocenters. The first kappa shape index (κ1) is 11.2. The van der Waals surface area contributed by atoms with E-state index in [-0.39, 0.29) is 11.9 Å². The van der Waals surface area contributed by atoms with Crippen LogP contribution in [-0.2, 0) is 4.79 Å². The van der Waals surface area contributed by atoms with E-state index in [1.807, 2.05) is 24.3 Å². The topological polar surface area (TPSA) is 67.9 Å². The summed E-state index contributed by atoms with van der Waals surface area (Å²) in [6.45, 7) is 0. The van der Waals surface area contributed by atoms with Crippen LogP contribution in [0.25, 0.3) is 6.08 Å². The fourth-order valence-electron chi connectivity index (χ4n) is 1.52. The van der Waals surface area contributed by atoms with Gasteiger partial charge in [-0.2, -0.15) is 4.99 Å². The quantitative estimate of drug-likeness (QED) is 0.765. The number of aliphatic imine (C=N–C) groups is 1. The predicted molar refractivity (Wildman–Crippen MR) is 65.4 cm³/mol. The number of carbonyl (C=O) groups excluding carboxylic acids is 1. The number of nitrogens with zero attached hydrogens (tertiary/aromatic N) is 2. The molecule has 0 bridgehead atoms. The monoisotopic (exact) mass is 231 g/mol. The van der Waals surface area contributed by atoms with Crippen molar-refractivity contribution in [3.63, 3.8) is 0 Å². The molecule has 1 aromatic rings. The molecule has 0 aromatic heterocycles. The number of amides is 1. The van der Waals surface area contributed by atoms with Crippen LogP contribution in [0.4, 0.5) is 0 Å². The molecule has 0 saturated heterocycles. The summed E-state index contributed by atoms with van der Waals surface area (Å²) in [5.74, 6) is 0.671. The second-order valence-corrected chi connectivity index (χ2v) is 3.64. The van der Waals surface area contributed by atoms with E-state index in [1.54, 1.807) is 25.1 Å². The lowest BCUT2D eigenvalue weighted by molar-refractivity contribution is -0.114. The number of nitrogens with two attached hydrogens (primary N) is 1. The van der Waals surface area contributed by atoms with Crippen molar-refractivity contribution < 1.29 is 9.53 Å². The maximum Gasteiger partial charge on any atom is 0.296 e. The summed E-state index contributed by atoms with van der Waals surface area (Å²) in [6.07, 6.45) is 1.74. The van der Waals surface area contributed by atoms with Gasteiger partial charge in [-0.05, 0) is 23.8 Å². The molecule has 2 rings (SSSR count). The zero-order valence-corrected chi connectivity index (χ0v) is 9.68. The van der Waals surface area contributed by atoms with Crippen LogP contribution in [0.2, 0.25) is 0 Å². The van der Waals surface area contributed by atoms with Crippen LogP contribution in [0.5, 0.6) is 5.75 Å². The molecule has 0 spiro atoms. The number of hydrogen-bond donors (Lipinski definition) is 1. The van der Waals surface area contributed by atoms with E-state index in [0.29, 0.717) is 5.70 Å². The van der Waals surface area contributed by atoms with Crippen molar-refractivity contribution in [2.75, 3.05) is 14.2 Å². The fourth-order valence-corrected chi connectivity index (χ4v) is 1.52. The van der Waals surface area contributed by atoms with Gasteiger partial charge in [0, 0.05) is 7.05 Å². The third-order valence-electron chi connectivity index (χ3n) is 2.56. The SMILES string of the molecule is COc1ccc(C=C2C(=O)N=C(N)N2C)cc1. The lowest BCUT2D eigenvalue weighted by atomic mass is 10.2. The van der Waals surface area contributed by atoms with Gasteiger partial charge in [0.05, 0.1) is 7.11 Å². The molecule has 1 aliphatic heterocycles. The Hall–Kier alpha value is -2.30. The normalized spacial score (nSPS) is 17.5. The maximum absolute atomic E-state index is 11.5. The van der Waals surface area contributed by atoms with Gasteiger partial charge in [0.15, 0.2) is 0 Å². The van der Waals surface area contributed by atoms with Gasteiger partial charge in [-0.25, -0.2) is 0 Å². The van der Waals surface area contributed by atoms with E-state index in [4.69, 9.17) is 10.5 Å². The Bertz CT molecular complexity index is 503. The molecule has 0 saturated carbocycles. The van der Waals surface area contributed by atoms with Gasteiger partial charge >= 0.3 is 0 Å². The fraction of sp³-hybridized carbons (Fsp3) is 0.167. The Kier molecular flexibility index (Phi) is 2.82. The van der Waals surface area contributed by atoms with Gasteiger partial charge in [0.2, 0.25) is 5.96 Å². The zero-order chi connectivity index (χ0) is 12.4. The van der Waals surface area contributed by atoms with Crippen molar-refractivity contribution in [2.24, 2.45) is 10.7 Å². The molecular formula is C12H13N3O2. The summed E-state index contributed by atoms with van der Waals surface area (Å²) in [7, 11) is 3.31. The molecule has 5 nitrogen and oxygen atoms in total. The number of benzene rings is 1. The van der Waals surface area contributed by atoms with Crippen LogP contribution >= 0.6 is 0 Å². The molecule has 1 aliphatic rings. The molecule has 1 heterocycles. The average Bonchev–Trinajstić information content (AvgIpc) is 2.57. The summed E-state index contributed by atoms with van der Waals surface area (Å²) in [5.41, 5.74) is 6.91. The number of carbonyl (C=O) groups is 1. The van der Waals surface area contributed by atoms with E-state index in [9.17, 15) is 4.79 Å². The van der Waals surface area contributed by atoms with E-state index in [0.717, 1.165) is 11.3 Å². The van der Waals surface area contributed by atoms with Crippen molar-refractivity contribution in [3.8, 4) is 5.75 Å². The van der Waals surface area contributed by atoms with Crippen molar-refractivity contribution in [2.45, 2.75) is 0 Å². The number of rotatable bonds is 2. The van der Waals surface area contributed by atoms with Crippen molar-refractivity contribution in [1.82, 2.24) is 4.90 Å². The highest BCUT2D eigenvalue weighted by molar-refractivity contribution is 6.11.